The topological polar surface area (TPSA) is 89.9 Å². The monoisotopic (exact) mass is 298 g/mol. The minimum atomic E-state index is -0.935. The summed E-state index contributed by atoms with van der Waals surface area (Å²) in [6.45, 7) is 15.1. The van der Waals surface area contributed by atoms with Crippen molar-refractivity contribution in [2.75, 3.05) is 13.2 Å². The summed E-state index contributed by atoms with van der Waals surface area (Å²) in [5.74, 6) is -1.91. The molecule has 0 aromatic rings. The Balaban J connectivity index is 0. The van der Waals surface area contributed by atoms with Crippen molar-refractivity contribution >= 4 is 17.9 Å². The molecule has 0 bridgehead atoms. The van der Waals surface area contributed by atoms with Crippen molar-refractivity contribution < 1.29 is 29.0 Å². The Morgan fingerprint density at radius 3 is 1.52 bits per heavy atom. The third-order valence-corrected chi connectivity index (χ3v) is 1.91. The average molecular weight is 298 g/mol. The van der Waals surface area contributed by atoms with Gasteiger partial charge in [0, 0.05) is 23.1 Å². The molecule has 21 heavy (non-hydrogen) atoms. The second-order valence-corrected chi connectivity index (χ2v) is 4.87. The van der Waals surface area contributed by atoms with Gasteiger partial charge in [-0.3, -0.25) is 0 Å². The predicted octanol–water partition coefficient (Wildman–Crippen LogP) is 2.12. The average Bonchev–Trinajstić information content (AvgIpc) is 2.42. The van der Waals surface area contributed by atoms with Crippen LogP contribution in [0.15, 0.2) is 37.5 Å². The highest BCUT2D eigenvalue weighted by atomic mass is 16.5. The Bertz CT molecular complexity index is 382. The highest BCUT2D eigenvalue weighted by molar-refractivity contribution is 5.84. The fraction of sp³-hybridized carbons (Fsp3) is 0.400. The van der Waals surface area contributed by atoms with E-state index in [4.69, 9.17) is 14.6 Å². The summed E-state index contributed by atoms with van der Waals surface area (Å²) in [6, 6.07) is 0. The van der Waals surface area contributed by atoms with Crippen LogP contribution in [0.3, 0.4) is 0 Å². The van der Waals surface area contributed by atoms with E-state index in [-0.39, 0.29) is 18.8 Å². The van der Waals surface area contributed by atoms with Gasteiger partial charge in [-0.15, -0.1) is 0 Å². The molecule has 0 spiro atoms. The number of hydrogen-bond donors (Lipinski definition) is 1. The van der Waals surface area contributed by atoms with E-state index in [1.165, 1.54) is 6.92 Å². The first kappa shape index (κ1) is 20.9. The molecule has 0 radical (unpaired) electrons. The molecule has 0 aliphatic rings. The van der Waals surface area contributed by atoms with E-state index in [0.29, 0.717) is 0 Å². The van der Waals surface area contributed by atoms with E-state index in [0.717, 1.165) is 12.2 Å². The lowest BCUT2D eigenvalue weighted by Gasteiger charge is -2.22. The second kappa shape index (κ2) is 10.4. The highest BCUT2D eigenvalue weighted by Gasteiger charge is 2.21. The molecule has 0 amide bonds. The lowest BCUT2D eigenvalue weighted by molar-refractivity contribution is -0.146. The first-order valence-electron chi connectivity index (χ1n) is 6.03. The molecule has 6 nitrogen and oxygen atoms in total. The van der Waals surface area contributed by atoms with Crippen LogP contribution >= 0.6 is 0 Å². The molecular formula is C15H22O6. The van der Waals surface area contributed by atoms with Gasteiger partial charge >= 0.3 is 17.9 Å². The highest BCUT2D eigenvalue weighted by Crippen LogP contribution is 2.16. The van der Waals surface area contributed by atoms with Crippen molar-refractivity contribution in [1.29, 1.82) is 0 Å². The molecule has 1 N–H and O–H groups in total. The van der Waals surface area contributed by atoms with Crippen LogP contribution in [0.2, 0.25) is 0 Å². The van der Waals surface area contributed by atoms with Gasteiger partial charge in [0.15, 0.2) is 0 Å². The lowest BCUT2D eigenvalue weighted by Crippen LogP contribution is -2.27. The summed E-state index contributed by atoms with van der Waals surface area (Å²) in [7, 11) is 0. The van der Waals surface area contributed by atoms with Gasteiger partial charge in [0.05, 0.1) is 13.2 Å². The van der Waals surface area contributed by atoms with Crippen molar-refractivity contribution in [3.63, 3.8) is 0 Å². The molecule has 0 rings (SSSR count). The van der Waals surface area contributed by atoms with Crippen molar-refractivity contribution in [1.82, 2.24) is 0 Å². The molecule has 0 saturated heterocycles. The Morgan fingerprint density at radius 2 is 1.33 bits per heavy atom. The number of aliphatic carboxylic acids is 1. The van der Waals surface area contributed by atoms with E-state index in [9.17, 15) is 14.4 Å². The van der Waals surface area contributed by atoms with E-state index in [1.807, 2.05) is 13.8 Å². The largest absolute Gasteiger partial charge is 0.478 e. The standard InChI is InChI=1S/C11H16O4.C4H6O2/c1-5-9(12)14-7-11(3,4)8-15-10(13)6-2;1-3(2)4(5)6/h5-6H,1-2,7-8H2,3-4H3;1H2,2H3,(H,5,6). The van der Waals surface area contributed by atoms with Crippen LogP contribution in [0.1, 0.15) is 20.8 Å². The number of carbonyl (C=O) groups is 3. The Hall–Kier alpha value is -2.37. The number of carbonyl (C=O) groups excluding carboxylic acids is 2. The third kappa shape index (κ3) is 13.9. The van der Waals surface area contributed by atoms with Crippen molar-refractivity contribution in [3.8, 4) is 0 Å². The van der Waals surface area contributed by atoms with E-state index >= 15 is 0 Å². The SMILES string of the molecule is C=C(C)C(=O)O.C=CC(=O)OCC(C)(C)COC(=O)C=C. The molecule has 0 aromatic heterocycles. The van der Waals surface area contributed by atoms with Gasteiger partial charge in [-0.05, 0) is 6.92 Å². The number of ether oxygens (including phenoxy) is 2. The van der Waals surface area contributed by atoms with Gasteiger partial charge in [0.1, 0.15) is 0 Å². The van der Waals surface area contributed by atoms with Crippen LogP contribution in [-0.2, 0) is 23.9 Å². The van der Waals surface area contributed by atoms with Crippen LogP contribution in [0, 0.1) is 5.41 Å². The Kier molecular flexibility index (Phi) is 10.4. The number of rotatable bonds is 7. The fourth-order valence-electron chi connectivity index (χ4n) is 0.693. The summed E-state index contributed by atoms with van der Waals surface area (Å²) in [4.78, 5) is 31.2. The van der Waals surface area contributed by atoms with Gasteiger partial charge in [-0.25, -0.2) is 14.4 Å². The molecule has 118 valence electrons. The Morgan fingerprint density at radius 1 is 1.05 bits per heavy atom. The smallest absolute Gasteiger partial charge is 0.330 e. The van der Waals surface area contributed by atoms with Crippen LogP contribution in [0.5, 0.6) is 0 Å². The normalized spacial score (nSPS) is 9.48. The van der Waals surface area contributed by atoms with Crippen molar-refractivity contribution in [2.45, 2.75) is 20.8 Å². The summed E-state index contributed by atoms with van der Waals surface area (Å²) in [6.07, 6.45) is 2.18. The van der Waals surface area contributed by atoms with E-state index < -0.39 is 23.3 Å². The molecule has 0 saturated carbocycles. The number of esters is 2. The number of carboxylic acids is 1. The first-order chi connectivity index (χ1) is 9.55. The molecule has 0 fully saturated rings. The van der Waals surface area contributed by atoms with Crippen molar-refractivity contribution in [3.05, 3.63) is 37.5 Å². The van der Waals surface area contributed by atoms with Gasteiger partial charge in [0.2, 0.25) is 0 Å². The van der Waals surface area contributed by atoms with Crippen LogP contribution < -0.4 is 0 Å². The fourth-order valence-corrected chi connectivity index (χ4v) is 0.693. The summed E-state index contributed by atoms with van der Waals surface area (Å²) < 4.78 is 9.70. The summed E-state index contributed by atoms with van der Waals surface area (Å²) in [5, 5.41) is 7.89. The molecule has 0 aliphatic heterocycles. The molecule has 0 aliphatic carbocycles. The van der Waals surface area contributed by atoms with Gasteiger partial charge < -0.3 is 14.6 Å². The van der Waals surface area contributed by atoms with Crippen LogP contribution in [0.4, 0.5) is 0 Å². The Labute approximate surface area is 124 Å². The van der Waals surface area contributed by atoms with Gasteiger partial charge in [-0.1, -0.05) is 33.6 Å². The minimum absolute atomic E-state index is 0.169. The zero-order valence-electron chi connectivity index (χ0n) is 12.7. The molecule has 0 heterocycles. The van der Waals surface area contributed by atoms with Crippen LogP contribution in [-0.4, -0.2) is 36.2 Å². The molecule has 0 unspecified atom stereocenters. The van der Waals surface area contributed by atoms with Crippen LogP contribution in [0.25, 0.3) is 0 Å². The second-order valence-electron chi connectivity index (χ2n) is 4.87. The zero-order valence-corrected chi connectivity index (χ0v) is 12.7. The number of carboxylic acid groups (broad SMARTS) is 1. The quantitative estimate of drug-likeness (QED) is 0.572. The minimum Gasteiger partial charge on any atom is -0.478 e. The summed E-state index contributed by atoms with van der Waals surface area (Å²) >= 11 is 0. The van der Waals surface area contributed by atoms with E-state index in [1.54, 1.807) is 0 Å². The van der Waals surface area contributed by atoms with Gasteiger partial charge in [-0.2, -0.15) is 0 Å². The predicted molar refractivity (Wildman–Crippen MR) is 78.5 cm³/mol. The maximum Gasteiger partial charge on any atom is 0.330 e. The summed E-state index contributed by atoms with van der Waals surface area (Å²) in [5.41, 5.74) is -0.243. The lowest BCUT2D eigenvalue weighted by atomic mass is 9.96. The van der Waals surface area contributed by atoms with Gasteiger partial charge in [0.25, 0.3) is 0 Å². The first-order valence-corrected chi connectivity index (χ1v) is 6.03. The molecule has 6 heteroatoms. The molecule has 0 atom stereocenters. The molecule has 0 aromatic carbocycles. The zero-order chi connectivity index (χ0) is 17.1. The maximum absolute atomic E-state index is 10.8. The van der Waals surface area contributed by atoms with E-state index in [2.05, 4.69) is 19.7 Å². The van der Waals surface area contributed by atoms with Crippen molar-refractivity contribution in [2.24, 2.45) is 5.41 Å². The maximum atomic E-state index is 10.8. The third-order valence-electron chi connectivity index (χ3n) is 1.91. The molecular weight excluding hydrogens is 276 g/mol. The number of hydrogen-bond acceptors (Lipinski definition) is 5.